The van der Waals surface area contributed by atoms with Crippen LogP contribution in [0.1, 0.15) is 17.0 Å². The van der Waals surface area contributed by atoms with E-state index in [1.54, 1.807) is 23.9 Å². The van der Waals surface area contributed by atoms with Crippen LogP contribution in [-0.2, 0) is 22.8 Å². The van der Waals surface area contributed by atoms with Crippen molar-refractivity contribution in [3.05, 3.63) is 80.5 Å². The Bertz CT molecular complexity index is 1120. The lowest BCUT2D eigenvalue weighted by Crippen LogP contribution is -2.15. The number of amides is 1. The van der Waals surface area contributed by atoms with Gasteiger partial charge in [0.15, 0.2) is 5.16 Å². The van der Waals surface area contributed by atoms with E-state index in [1.165, 1.54) is 11.8 Å². The van der Waals surface area contributed by atoms with Gasteiger partial charge < -0.3 is 9.88 Å². The van der Waals surface area contributed by atoms with Crippen LogP contribution >= 0.6 is 62.7 Å². The summed E-state index contributed by atoms with van der Waals surface area (Å²) in [6.45, 7) is 6.38. The number of nitrogens with zero attached hydrogens (tertiary/aromatic N) is 3. The summed E-state index contributed by atoms with van der Waals surface area (Å²) in [5.74, 6) is 2.35. The summed E-state index contributed by atoms with van der Waals surface area (Å²) in [6.07, 6.45) is 1.79. The van der Waals surface area contributed by atoms with E-state index in [-0.39, 0.29) is 11.7 Å². The summed E-state index contributed by atoms with van der Waals surface area (Å²) < 4.78 is 2.98. The van der Waals surface area contributed by atoms with E-state index in [2.05, 4.69) is 38.0 Å². The molecule has 0 aliphatic heterocycles. The topological polar surface area (TPSA) is 59.8 Å². The number of thioether (sulfide) groups is 2. The molecule has 2 aromatic carbocycles. The number of rotatable bonds is 10. The molecule has 3 rings (SSSR count). The van der Waals surface area contributed by atoms with Crippen molar-refractivity contribution in [2.75, 3.05) is 11.1 Å². The van der Waals surface area contributed by atoms with Crippen molar-refractivity contribution in [3.8, 4) is 0 Å². The number of carbonyl (C=O) groups is 1. The Morgan fingerprint density at radius 3 is 2.75 bits per heavy atom. The first kappa shape index (κ1) is 25.2. The van der Waals surface area contributed by atoms with Gasteiger partial charge in [-0.15, -0.1) is 28.5 Å². The first-order valence-corrected chi connectivity index (χ1v) is 13.3. The van der Waals surface area contributed by atoms with E-state index < -0.39 is 0 Å². The van der Waals surface area contributed by atoms with E-state index >= 15 is 0 Å². The third-order valence-corrected chi connectivity index (χ3v) is 7.80. The van der Waals surface area contributed by atoms with Crippen LogP contribution in [0.25, 0.3) is 0 Å². The van der Waals surface area contributed by atoms with Gasteiger partial charge in [-0.1, -0.05) is 63.0 Å². The van der Waals surface area contributed by atoms with Gasteiger partial charge in [-0.05, 0) is 48.4 Å². The summed E-state index contributed by atoms with van der Waals surface area (Å²) in [5, 5.41) is 13.5. The van der Waals surface area contributed by atoms with Crippen LogP contribution in [0.2, 0.25) is 10.0 Å². The van der Waals surface area contributed by atoms with E-state index in [0.717, 1.165) is 32.9 Å². The summed E-state index contributed by atoms with van der Waals surface area (Å²) in [7, 11) is 0. The van der Waals surface area contributed by atoms with Gasteiger partial charge in [-0.2, -0.15) is 0 Å². The minimum Gasteiger partial charge on any atom is -0.325 e. The highest BCUT2D eigenvalue weighted by Gasteiger charge is 2.14. The Morgan fingerprint density at radius 1 is 1.22 bits per heavy atom. The zero-order valence-corrected chi connectivity index (χ0v) is 22.0. The van der Waals surface area contributed by atoms with Gasteiger partial charge in [0.2, 0.25) is 5.91 Å². The molecule has 1 amide bonds. The average Bonchev–Trinajstić information content (AvgIpc) is 3.13. The molecule has 0 saturated carbocycles. The standard InChI is InChI=1S/C22H21BrCl2N4OS2/c1-3-8-29-20(12-31-11-15-4-5-16(24)10-19(15)25)27-28-22(29)32-13-21(30)26-17-6-7-18(23)14(2)9-17/h3-7,9-10H,1,8,11-13H2,2H3,(H,26,30). The number of benzene rings is 2. The lowest BCUT2D eigenvalue weighted by Gasteiger charge is -2.09. The highest BCUT2D eigenvalue weighted by molar-refractivity contribution is 9.10. The van der Waals surface area contributed by atoms with Crippen LogP contribution in [0.15, 0.2) is 58.7 Å². The van der Waals surface area contributed by atoms with Crippen LogP contribution in [0.5, 0.6) is 0 Å². The van der Waals surface area contributed by atoms with Gasteiger partial charge >= 0.3 is 0 Å². The second-order valence-electron chi connectivity index (χ2n) is 6.83. The average molecular weight is 572 g/mol. The van der Waals surface area contributed by atoms with Crippen molar-refractivity contribution < 1.29 is 4.79 Å². The number of aromatic nitrogens is 3. The van der Waals surface area contributed by atoms with Crippen molar-refractivity contribution in [1.82, 2.24) is 14.8 Å². The first-order chi connectivity index (χ1) is 15.4. The third-order valence-electron chi connectivity index (χ3n) is 4.38. The monoisotopic (exact) mass is 570 g/mol. The van der Waals surface area contributed by atoms with E-state index in [4.69, 9.17) is 23.2 Å². The van der Waals surface area contributed by atoms with Gasteiger partial charge in [-0.3, -0.25) is 4.79 Å². The van der Waals surface area contributed by atoms with Gasteiger partial charge in [0.25, 0.3) is 0 Å². The summed E-state index contributed by atoms with van der Waals surface area (Å²) in [5.41, 5.74) is 2.84. The molecule has 1 heterocycles. The fourth-order valence-corrected chi connectivity index (χ4v) is 5.32. The zero-order chi connectivity index (χ0) is 23.1. The van der Waals surface area contributed by atoms with E-state index in [1.807, 2.05) is 41.8 Å². The molecule has 5 nitrogen and oxygen atoms in total. The Kier molecular flexibility index (Phi) is 9.55. The molecule has 168 valence electrons. The maximum atomic E-state index is 12.4. The molecular weight excluding hydrogens is 551 g/mol. The summed E-state index contributed by atoms with van der Waals surface area (Å²) in [6, 6.07) is 11.2. The van der Waals surface area contributed by atoms with Crippen molar-refractivity contribution in [1.29, 1.82) is 0 Å². The lowest BCUT2D eigenvalue weighted by atomic mass is 10.2. The summed E-state index contributed by atoms with van der Waals surface area (Å²) in [4.78, 5) is 12.4. The Balaban J connectivity index is 1.58. The predicted octanol–water partition coefficient (Wildman–Crippen LogP) is 7.01. The second-order valence-corrected chi connectivity index (χ2v) is 10.5. The second kappa shape index (κ2) is 12.1. The molecule has 1 aromatic heterocycles. The van der Waals surface area contributed by atoms with Crippen LogP contribution < -0.4 is 5.32 Å². The molecular formula is C22H21BrCl2N4OS2. The molecule has 32 heavy (non-hydrogen) atoms. The third kappa shape index (κ3) is 7.02. The minimum atomic E-state index is -0.0989. The molecule has 0 aliphatic rings. The van der Waals surface area contributed by atoms with Gasteiger partial charge in [0.05, 0.1) is 11.5 Å². The van der Waals surface area contributed by atoms with E-state index in [9.17, 15) is 4.79 Å². The van der Waals surface area contributed by atoms with Crippen molar-refractivity contribution in [3.63, 3.8) is 0 Å². The smallest absolute Gasteiger partial charge is 0.234 e. The maximum absolute atomic E-state index is 12.4. The minimum absolute atomic E-state index is 0.0989. The van der Waals surface area contributed by atoms with Gasteiger partial charge in [0, 0.05) is 32.5 Å². The van der Waals surface area contributed by atoms with E-state index in [0.29, 0.717) is 27.5 Å². The molecule has 1 N–H and O–H groups in total. The molecule has 0 unspecified atom stereocenters. The normalized spacial score (nSPS) is 10.9. The molecule has 0 bridgehead atoms. The molecule has 10 heteroatoms. The van der Waals surface area contributed by atoms with Crippen LogP contribution in [-0.4, -0.2) is 26.4 Å². The van der Waals surface area contributed by atoms with Gasteiger partial charge in [0.1, 0.15) is 5.82 Å². The van der Waals surface area contributed by atoms with Crippen LogP contribution in [0.4, 0.5) is 5.69 Å². The lowest BCUT2D eigenvalue weighted by molar-refractivity contribution is -0.113. The Hall–Kier alpha value is -1.45. The highest BCUT2D eigenvalue weighted by Crippen LogP contribution is 2.27. The number of anilines is 1. The Labute approximate surface area is 214 Å². The SMILES string of the molecule is C=CCn1c(CSCc2ccc(Cl)cc2Cl)nnc1SCC(=O)Nc1ccc(Br)c(C)c1. The first-order valence-electron chi connectivity index (χ1n) is 9.61. The van der Waals surface area contributed by atoms with Crippen molar-refractivity contribution in [2.24, 2.45) is 0 Å². The number of nitrogens with one attached hydrogen (secondary N) is 1. The number of allylic oxidation sites excluding steroid dienone is 1. The highest BCUT2D eigenvalue weighted by atomic mass is 79.9. The van der Waals surface area contributed by atoms with Crippen LogP contribution in [0.3, 0.4) is 0 Å². The fraction of sp³-hybridized carbons (Fsp3) is 0.227. The molecule has 0 spiro atoms. The predicted molar refractivity (Wildman–Crippen MR) is 140 cm³/mol. The largest absolute Gasteiger partial charge is 0.325 e. The van der Waals surface area contributed by atoms with Crippen molar-refractivity contribution in [2.45, 2.75) is 30.1 Å². The fourth-order valence-electron chi connectivity index (χ4n) is 2.79. The number of carbonyl (C=O) groups excluding carboxylic acids is 1. The Morgan fingerprint density at radius 2 is 2.03 bits per heavy atom. The molecule has 0 radical (unpaired) electrons. The van der Waals surface area contributed by atoms with Crippen LogP contribution in [0, 0.1) is 6.92 Å². The molecule has 3 aromatic rings. The zero-order valence-electron chi connectivity index (χ0n) is 17.3. The molecule has 0 atom stereocenters. The summed E-state index contributed by atoms with van der Waals surface area (Å²) >= 11 is 18.7. The quantitative estimate of drug-likeness (QED) is 0.209. The number of halogens is 3. The molecule has 0 fully saturated rings. The number of aryl methyl sites for hydroxylation is 1. The molecule has 0 aliphatic carbocycles. The van der Waals surface area contributed by atoms with Gasteiger partial charge in [-0.25, -0.2) is 0 Å². The number of hydrogen-bond acceptors (Lipinski definition) is 5. The number of hydrogen-bond donors (Lipinski definition) is 1. The molecule has 0 saturated heterocycles. The maximum Gasteiger partial charge on any atom is 0.234 e. The van der Waals surface area contributed by atoms with Crippen molar-refractivity contribution >= 4 is 74.3 Å².